The number of ether oxygens (including phenoxy) is 1. The minimum atomic E-state index is -0.514. The van der Waals surface area contributed by atoms with Crippen LogP contribution in [0.2, 0.25) is 0 Å². The number of hydrogen-bond acceptors (Lipinski definition) is 8. The molecule has 1 N–H and O–H groups in total. The maximum Gasteiger partial charge on any atom is 0.228 e. The van der Waals surface area contributed by atoms with Gasteiger partial charge in [0.05, 0.1) is 35.7 Å². The average Bonchev–Trinajstić information content (AvgIpc) is 3.27. The highest BCUT2D eigenvalue weighted by Gasteiger charge is 2.28. The van der Waals surface area contributed by atoms with Crippen LogP contribution in [-0.2, 0) is 4.74 Å². The molecule has 2 aliphatic rings. The predicted molar refractivity (Wildman–Crippen MR) is 135 cm³/mol. The Morgan fingerprint density at radius 2 is 1.81 bits per heavy atom. The monoisotopic (exact) mass is 493 g/mol. The van der Waals surface area contributed by atoms with E-state index in [1.54, 1.807) is 12.4 Å². The van der Waals surface area contributed by atoms with E-state index in [2.05, 4.69) is 48.6 Å². The minimum Gasteiger partial charge on any atom is -0.381 e. The van der Waals surface area contributed by atoms with Crippen LogP contribution in [0.25, 0.3) is 11.4 Å². The first kappa shape index (κ1) is 24.3. The normalized spacial score (nSPS) is 20.9. The molecule has 2 aliphatic heterocycles. The van der Waals surface area contributed by atoms with Crippen molar-refractivity contribution in [3.8, 4) is 11.4 Å². The van der Waals surface area contributed by atoms with Gasteiger partial charge in [0, 0.05) is 31.3 Å². The molecule has 0 spiro atoms. The molecule has 5 heterocycles. The zero-order valence-electron chi connectivity index (χ0n) is 20.9. The first-order valence-corrected chi connectivity index (χ1v) is 12.6. The third-order valence-electron chi connectivity index (χ3n) is 7.26. The van der Waals surface area contributed by atoms with E-state index in [1.807, 2.05) is 13.0 Å². The highest BCUT2D eigenvalue weighted by atomic mass is 19.1. The molecular formula is C26H32FN7O2. The topological polar surface area (TPSA) is 98.1 Å². The largest absolute Gasteiger partial charge is 0.381 e. The molecule has 2 saturated heterocycles. The smallest absolute Gasteiger partial charge is 0.228 e. The second-order valence-corrected chi connectivity index (χ2v) is 9.70. The lowest BCUT2D eigenvalue weighted by Crippen LogP contribution is -2.44. The van der Waals surface area contributed by atoms with Crippen LogP contribution in [0.1, 0.15) is 68.3 Å². The van der Waals surface area contributed by atoms with Gasteiger partial charge in [0.1, 0.15) is 17.2 Å². The summed E-state index contributed by atoms with van der Waals surface area (Å²) in [6.07, 6.45) is 10.2. The molecule has 2 unspecified atom stereocenters. The maximum atomic E-state index is 15.0. The molecule has 3 aromatic heterocycles. The molecule has 0 aliphatic carbocycles. The quantitative estimate of drug-likeness (QED) is 0.486. The number of hydrogen-bond donors (Lipinski definition) is 1. The number of halogens is 1. The second-order valence-electron chi connectivity index (χ2n) is 9.70. The molecule has 0 bridgehead atoms. The van der Waals surface area contributed by atoms with Crippen molar-refractivity contribution in [2.75, 3.05) is 23.4 Å². The number of carbonyl (C=O) groups is 1. The van der Waals surface area contributed by atoms with E-state index in [0.717, 1.165) is 49.9 Å². The van der Waals surface area contributed by atoms with Crippen molar-refractivity contribution >= 4 is 23.6 Å². The van der Waals surface area contributed by atoms with Gasteiger partial charge >= 0.3 is 0 Å². The molecule has 10 heteroatoms. The molecule has 9 nitrogen and oxygen atoms in total. The zero-order valence-corrected chi connectivity index (χ0v) is 20.9. The summed E-state index contributed by atoms with van der Waals surface area (Å²) in [5.41, 5.74) is 2.62. The fraction of sp³-hybridized carbons (Fsp3) is 0.500. The summed E-state index contributed by atoms with van der Waals surface area (Å²) in [5.74, 6) is 0.544. The summed E-state index contributed by atoms with van der Waals surface area (Å²) in [7, 11) is 0. The number of carbonyl (C=O) groups excluding carboxylic acids is 1. The first-order valence-electron chi connectivity index (χ1n) is 12.6. The average molecular weight is 494 g/mol. The number of anilines is 3. The van der Waals surface area contributed by atoms with E-state index in [0.29, 0.717) is 42.4 Å². The summed E-state index contributed by atoms with van der Waals surface area (Å²) in [6, 6.07) is 2.68. The Labute approximate surface area is 210 Å². The van der Waals surface area contributed by atoms with Gasteiger partial charge in [-0.25, -0.2) is 24.3 Å². The van der Waals surface area contributed by atoms with Crippen LogP contribution in [-0.4, -0.2) is 56.1 Å². The first-order chi connectivity index (χ1) is 17.5. The fourth-order valence-electron chi connectivity index (χ4n) is 5.49. The van der Waals surface area contributed by atoms with Crippen molar-refractivity contribution < 1.29 is 13.9 Å². The van der Waals surface area contributed by atoms with Crippen LogP contribution in [0, 0.1) is 12.7 Å². The van der Waals surface area contributed by atoms with Crippen LogP contribution in [0.3, 0.4) is 0 Å². The van der Waals surface area contributed by atoms with Gasteiger partial charge in [-0.2, -0.15) is 0 Å². The number of pyridine rings is 1. The lowest BCUT2D eigenvalue weighted by Gasteiger charge is -2.41. The number of aldehydes is 1. The SMILES string of the molecule is Cc1ncc(-c2nc(Nc3cnc(C=O)c(N4C(C)CCCC4C)c3)ncc2F)n1C1CCOCC1. The molecule has 0 amide bonds. The standard InChI is InChI=1S/C26H32FN7O2/c1-16-5-4-6-17(2)33(16)23-11-19(12-29-22(23)15-35)31-26-30-13-21(27)25(32-26)24-14-28-18(3)34(24)20-7-9-36-10-8-20/h11-17,20H,4-10H2,1-3H3,(H,30,31,32). The maximum absolute atomic E-state index is 15.0. The summed E-state index contributed by atoms with van der Waals surface area (Å²) >= 11 is 0. The molecule has 0 radical (unpaired) electrons. The van der Waals surface area contributed by atoms with E-state index in [1.165, 1.54) is 6.20 Å². The number of aromatic nitrogens is 5. The van der Waals surface area contributed by atoms with Gasteiger partial charge in [-0.1, -0.05) is 0 Å². The number of rotatable bonds is 6. The molecule has 2 fully saturated rings. The number of aryl methyl sites for hydroxylation is 1. The minimum absolute atomic E-state index is 0.179. The summed E-state index contributed by atoms with van der Waals surface area (Å²) in [5, 5.41) is 3.16. The summed E-state index contributed by atoms with van der Waals surface area (Å²) < 4.78 is 22.5. The van der Waals surface area contributed by atoms with Crippen LogP contribution >= 0.6 is 0 Å². The third-order valence-corrected chi connectivity index (χ3v) is 7.26. The predicted octanol–water partition coefficient (Wildman–Crippen LogP) is 4.86. The molecule has 2 atom stereocenters. The Balaban J connectivity index is 1.47. The third kappa shape index (κ3) is 4.69. The van der Waals surface area contributed by atoms with Crippen molar-refractivity contribution in [3.63, 3.8) is 0 Å². The van der Waals surface area contributed by atoms with E-state index in [9.17, 15) is 9.18 Å². The van der Waals surface area contributed by atoms with Crippen molar-refractivity contribution in [3.05, 3.63) is 42.0 Å². The van der Waals surface area contributed by atoms with Gasteiger partial charge in [0.15, 0.2) is 12.1 Å². The van der Waals surface area contributed by atoms with E-state index in [-0.39, 0.29) is 17.7 Å². The van der Waals surface area contributed by atoms with E-state index in [4.69, 9.17) is 4.74 Å². The Hall–Kier alpha value is -3.40. The van der Waals surface area contributed by atoms with Crippen LogP contribution in [0.15, 0.2) is 24.7 Å². The van der Waals surface area contributed by atoms with Crippen LogP contribution in [0.5, 0.6) is 0 Å². The van der Waals surface area contributed by atoms with Gasteiger partial charge in [0.2, 0.25) is 5.95 Å². The number of piperidine rings is 1. The number of nitrogens with zero attached hydrogens (tertiary/aromatic N) is 6. The Bertz CT molecular complexity index is 1230. The number of imidazole rings is 1. The molecule has 36 heavy (non-hydrogen) atoms. The van der Waals surface area contributed by atoms with Gasteiger partial charge in [-0.3, -0.25) is 4.79 Å². The second kappa shape index (κ2) is 10.3. The molecule has 190 valence electrons. The number of nitrogens with one attached hydrogen (secondary N) is 1. The van der Waals surface area contributed by atoms with Crippen molar-refractivity contribution in [1.82, 2.24) is 24.5 Å². The van der Waals surface area contributed by atoms with Crippen molar-refractivity contribution in [1.29, 1.82) is 0 Å². The van der Waals surface area contributed by atoms with Crippen LogP contribution < -0.4 is 10.2 Å². The highest BCUT2D eigenvalue weighted by Crippen LogP contribution is 2.34. The van der Waals surface area contributed by atoms with Crippen molar-refractivity contribution in [2.45, 2.75) is 71.0 Å². The lowest BCUT2D eigenvalue weighted by molar-refractivity contribution is 0.0694. The summed E-state index contributed by atoms with van der Waals surface area (Å²) in [6.45, 7) is 7.59. The van der Waals surface area contributed by atoms with Crippen molar-refractivity contribution in [2.24, 2.45) is 0 Å². The molecular weight excluding hydrogens is 461 g/mol. The molecule has 0 aromatic carbocycles. The van der Waals surface area contributed by atoms with E-state index >= 15 is 0 Å². The lowest BCUT2D eigenvalue weighted by atomic mass is 9.96. The van der Waals surface area contributed by atoms with Gasteiger partial charge in [-0.05, 0) is 58.9 Å². The molecule has 0 saturated carbocycles. The molecule has 3 aromatic rings. The van der Waals surface area contributed by atoms with E-state index < -0.39 is 5.82 Å². The van der Waals surface area contributed by atoms with Gasteiger partial charge in [0.25, 0.3) is 0 Å². The Morgan fingerprint density at radius 3 is 2.53 bits per heavy atom. The van der Waals surface area contributed by atoms with Gasteiger partial charge in [-0.15, -0.1) is 0 Å². The summed E-state index contributed by atoms with van der Waals surface area (Å²) in [4.78, 5) is 31.5. The van der Waals surface area contributed by atoms with Crippen LogP contribution in [0.4, 0.5) is 21.7 Å². The highest BCUT2D eigenvalue weighted by molar-refractivity contribution is 5.84. The Morgan fingerprint density at radius 1 is 1.06 bits per heavy atom. The molecule has 5 rings (SSSR count). The fourth-order valence-corrected chi connectivity index (χ4v) is 5.49. The zero-order chi connectivity index (χ0) is 25.2. The van der Waals surface area contributed by atoms with Gasteiger partial charge < -0.3 is 19.5 Å². The Kier molecular flexibility index (Phi) is 6.95.